The predicted octanol–water partition coefficient (Wildman–Crippen LogP) is 13.0. The van der Waals surface area contributed by atoms with Crippen LogP contribution in [0.25, 0.3) is 75.1 Å². The van der Waals surface area contributed by atoms with Crippen LogP contribution in [0.15, 0.2) is 168 Å². The van der Waals surface area contributed by atoms with Gasteiger partial charge in [-0.05, 0) is 91.9 Å². The minimum Gasteiger partial charge on any atom is -0.454 e. The number of benzene rings is 8. The molecule has 0 radical (unpaired) electrons. The third-order valence-electron chi connectivity index (χ3n) is 11.3. The van der Waals surface area contributed by atoms with Crippen molar-refractivity contribution in [1.29, 1.82) is 0 Å². The van der Waals surface area contributed by atoms with Crippen LogP contribution in [0.1, 0.15) is 0 Å². The van der Waals surface area contributed by atoms with E-state index < -0.39 is 8.07 Å². The van der Waals surface area contributed by atoms with Crippen molar-refractivity contribution < 1.29 is 4.42 Å². The normalized spacial score (nSPS) is 13.3. The molecule has 10 aromatic rings. The third-order valence-corrected chi connectivity index (χ3v) is 15.9. The Labute approximate surface area is 306 Å². The summed E-state index contributed by atoms with van der Waals surface area (Å²) in [5, 5.41) is 10.5. The van der Waals surface area contributed by atoms with Crippen LogP contribution in [-0.2, 0) is 0 Å². The van der Waals surface area contributed by atoms with E-state index in [4.69, 9.17) is 4.42 Å². The first-order valence-electron chi connectivity index (χ1n) is 17.9. The van der Waals surface area contributed by atoms with Crippen molar-refractivity contribution in [2.45, 2.75) is 13.1 Å². The van der Waals surface area contributed by atoms with Crippen molar-refractivity contribution in [3.05, 3.63) is 164 Å². The lowest BCUT2D eigenvalue weighted by atomic mass is 9.97. The number of rotatable bonds is 4. The van der Waals surface area contributed by atoms with Gasteiger partial charge in [0.25, 0.3) is 0 Å². The van der Waals surface area contributed by atoms with Gasteiger partial charge in [0.2, 0.25) is 0 Å². The molecule has 1 aliphatic rings. The number of anilines is 3. The van der Waals surface area contributed by atoms with Crippen LogP contribution < -0.4 is 15.3 Å². The van der Waals surface area contributed by atoms with Crippen molar-refractivity contribution in [3.63, 3.8) is 0 Å². The van der Waals surface area contributed by atoms with Gasteiger partial charge in [-0.25, -0.2) is 0 Å². The van der Waals surface area contributed by atoms with Crippen LogP contribution in [0, 0.1) is 0 Å². The van der Waals surface area contributed by atoms with Crippen molar-refractivity contribution in [1.82, 2.24) is 0 Å². The molecule has 0 saturated carbocycles. The summed E-state index contributed by atoms with van der Waals surface area (Å²) in [6, 6.07) is 60.1. The average molecular weight is 700 g/mol. The topological polar surface area (TPSA) is 16.4 Å². The fourth-order valence-corrected chi connectivity index (χ4v) is 13.0. The zero-order valence-electron chi connectivity index (χ0n) is 28.9. The zero-order chi connectivity index (χ0) is 34.6. The molecule has 8 aromatic carbocycles. The first kappa shape index (κ1) is 29.8. The summed E-state index contributed by atoms with van der Waals surface area (Å²) < 4.78 is 9.43. The highest BCUT2D eigenvalue weighted by molar-refractivity contribution is 7.26. The number of hydrogen-bond acceptors (Lipinski definition) is 3. The third kappa shape index (κ3) is 4.22. The molecule has 4 heteroatoms. The van der Waals surface area contributed by atoms with Crippen LogP contribution in [0.4, 0.5) is 17.1 Å². The van der Waals surface area contributed by atoms with E-state index in [2.05, 4.69) is 176 Å². The van der Waals surface area contributed by atoms with Crippen molar-refractivity contribution in [2.75, 3.05) is 4.90 Å². The van der Waals surface area contributed by atoms with Crippen LogP contribution in [0.5, 0.6) is 0 Å². The van der Waals surface area contributed by atoms with Crippen LogP contribution in [0.3, 0.4) is 0 Å². The second kappa shape index (κ2) is 11.0. The van der Waals surface area contributed by atoms with Crippen LogP contribution in [-0.4, -0.2) is 8.07 Å². The summed E-state index contributed by atoms with van der Waals surface area (Å²) in [5.41, 5.74) is 10.3. The Kier molecular flexibility index (Phi) is 6.31. The lowest BCUT2D eigenvalue weighted by molar-refractivity contribution is 0.669. The zero-order valence-corrected chi connectivity index (χ0v) is 30.7. The molecule has 0 bridgehead atoms. The van der Waals surface area contributed by atoms with Gasteiger partial charge in [0, 0.05) is 42.3 Å². The predicted molar refractivity (Wildman–Crippen MR) is 226 cm³/mol. The van der Waals surface area contributed by atoms with Gasteiger partial charge in [-0.15, -0.1) is 11.3 Å². The monoisotopic (exact) mass is 699 g/mol. The molecule has 0 spiro atoms. The highest BCUT2D eigenvalue weighted by atomic mass is 32.1. The summed E-state index contributed by atoms with van der Waals surface area (Å²) in [5.74, 6) is 0. The number of fused-ring (bicyclic) bond motifs is 11. The summed E-state index contributed by atoms with van der Waals surface area (Å²) in [6.07, 6.45) is 0. The summed E-state index contributed by atoms with van der Waals surface area (Å²) >= 11 is 1.90. The van der Waals surface area contributed by atoms with E-state index >= 15 is 0 Å². The van der Waals surface area contributed by atoms with E-state index in [0.717, 1.165) is 39.0 Å². The standard InChI is InChI=1S/C48H33NOSSi/c1-52(2)44-27-26-43-46(38-18-6-8-23-42(38)51-43)47(44)39-25-24-33(29-45(39)52)49(40-21-11-20-37-36-17-5-7-22-41(36)50-48(37)40)32-15-9-14-31(28-32)35-19-10-13-30-12-3-4-16-34(30)35/h3-29H,1-2H3. The Bertz CT molecular complexity index is 3070. The molecule has 0 saturated heterocycles. The van der Waals surface area contributed by atoms with Gasteiger partial charge in [-0.2, -0.15) is 0 Å². The maximum atomic E-state index is 6.71. The summed E-state index contributed by atoms with van der Waals surface area (Å²) in [6.45, 7) is 5.04. The molecular weight excluding hydrogens is 667 g/mol. The summed E-state index contributed by atoms with van der Waals surface area (Å²) in [4.78, 5) is 2.42. The Morgan fingerprint density at radius 2 is 1.25 bits per heavy atom. The smallest absolute Gasteiger partial charge is 0.159 e. The molecule has 0 atom stereocenters. The van der Waals surface area contributed by atoms with Gasteiger partial charge in [-0.3, -0.25) is 0 Å². The molecule has 0 aliphatic carbocycles. The molecule has 52 heavy (non-hydrogen) atoms. The molecule has 3 heterocycles. The highest BCUT2D eigenvalue weighted by Gasteiger charge is 2.39. The fourth-order valence-electron chi connectivity index (χ4n) is 8.79. The largest absolute Gasteiger partial charge is 0.454 e. The molecule has 1 aliphatic heterocycles. The average Bonchev–Trinajstić information content (AvgIpc) is 3.83. The number of para-hydroxylation sites is 2. The fraction of sp³-hybridized carbons (Fsp3) is 0.0417. The number of furan rings is 1. The highest BCUT2D eigenvalue weighted by Crippen LogP contribution is 2.46. The van der Waals surface area contributed by atoms with E-state index in [1.165, 1.54) is 63.6 Å². The maximum Gasteiger partial charge on any atom is 0.159 e. The van der Waals surface area contributed by atoms with Gasteiger partial charge in [0.15, 0.2) is 5.58 Å². The molecule has 11 rings (SSSR count). The maximum absolute atomic E-state index is 6.71. The molecule has 2 aromatic heterocycles. The first-order valence-corrected chi connectivity index (χ1v) is 21.7. The molecule has 0 N–H and O–H groups in total. The SMILES string of the molecule is C[Si]1(C)c2cc(N(c3cccc(-c4cccc5ccccc45)c3)c3cccc4c3oc3ccccc34)ccc2-c2c1ccc1sc3ccccc3c21. The van der Waals surface area contributed by atoms with E-state index in [1.54, 1.807) is 0 Å². The minimum atomic E-state index is -2.06. The van der Waals surface area contributed by atoms with E-state index in [1.807, 2.05) is 17.4 Å². The Hall–Kier alpha value is -5.94. The van der Waals surface area contributed by atoms with Crippen molar-refractivity contribution >= 4 is 99.7 Å². The quantitative estimate of drug-likeness (QED) is 0.170. The van der Waals surface area contributed by atoms with Crippen molar-refractivity contribution in [2.24, 2.45) is 0 Å². The van der Waals surface area contributed by atoms with Crippen molar-refractivity contribution in [3.8, 4) is 22.3 Å². The van der Waals surface area contributed by atoms with E-state index in [0.29, 0.717) is 0 Å². The van der Waals surface area contributed by atoms with E-state index in [-0.39, 0.29) is 0 Å². The van der Waals surface area contributed by atoms with Gasteiger partial charge in [0.05, 0.1) is 5.69 Å². The molecule has 0 unspecified atom stereocenters. The second-order valence-corrected chi connectivity index (χ2v) is 19.9. The first-order chi connectivity index (χ1) is 25.5. The molecule has 0 fully saturated rings. The van der Waals surface area contributed by atoms with Gasteiger partial charge in [0.1, 0.15) is 13.7 Å². The summed E-state index contributed by atoms with van der Waals surface area (Å²) in [7, 11) is -2.06. The Morgan fingerprint density at radius 3 is 2.17 bits per heavy atom. The van der Waals surface area contributed by atoms with Gasteiger partial charge < -0.3 is 9.32 Å². The van der Waals surface area contributed by atoms with Gasteiger partial charge >= 0.3 is 0 Å². The van der Waals surface area contributed by atoms with E-state index in [9.17, 15) is 0 Å². The molecular formula is C48H33NOSSi. The number of hydrogen-bond donors (Lipinski definition) is 0. The number of thiophene rings is 1. The Morgan fingerprint density at radius 1 is 0.519 bits per heavy atom. The lowest BCUT2D eigenvalue weighted by Gasteiger charge is -2.28. The molecule has 0 amide bonds. The molecule has 2 nitrogen and oxygen atoms in total. The number of nitrogens with zero attached hydrogens (tertiary/aromatic N) is 1. The Balaban J connectivity index is 1.16. The lowest BCUT2D eigenvalue weighted by Crippen LogP contribution is -2.49. The minimum absolute atomic E-state index is 0.894. The van der Waals surface area contributed by atoms with Gasteiger partial charge in [-0.1, -0.05) is 128 Å². The second-order valence-electron chi connectivity index (χ2n) is 14.5. The molecule has 246 valence electrons. The van der Waals surface area contributed by atoms with Crippen LogP contribution >= 0.6 is 11.3 Å². The van der Waals surface area contributed by atoms with Crippen LogP contribution in [0.2, 0.25) is 13.1 Å².